The molecule has 1 nitrogen and oxygen atoms in total. The zero-order valence-electron chi connectivity index (χ0n) is 18.9. The Kier molecular flexibility index (Phi) is 8.27. The average Bonchev–Trinajstić information content (AvgIpc) is 3.18. The van der Waals surface area contributed by atoms with Crippen molar-refractivity contribution in [2.24, 2.45) is 0 Å². The van der Waals surface area contributed by atoms with Crippen molar-refractivity contribution in [3.05, 3.63) is 69.7 Å². The number of hydrogen-bond acceptors (Lipinski definition) is 1. The van der Waals surface area contributed by atoms with E-state index in [1.54, 1.807) is 3.88 Å². The maximum absolute atomic E-state index is 4.06. The normalized spacial score (nSPS) is 14.9. The van der Waals surface area contributed by atoms with Crippen molar-refractivity contribution in [1.29, 1.82) is 0 Å². The molecular formula is C25H36NSiTi. The maximum atomic E-state index is 4.06. The monoisotopic (exact) mass is 426 g/mol. The van der Waals surface area contributed by atoms with Crippen LogP contribution in [0.1, 0.15) is 52.7 Å². The SMILES string of the molecule is CC1=[C]([Ti]([NH]C(C)(C)C)[SiH](C)C)c2cc3c(cc2=C1)C=CC=3.CC=CC=CC. The molecule has 2 aliphatic carbocycles. The molecule has 0 aliphatic heterocycles. The fraction of sp³-hybridized carbons (Fsp3) is 0.360. The van der Waals surface area contributed by atoms with Crippen LogP contribution in [-0.4, -0.2) is 12.2 Å². The van der Waals surface area contributed by atoms with E-state index in [0.29, 0.717) is 0 Å². The van der Waals surface area contributed by atoms with E-state index < -0.39 is 24.0 Å². The third kappa shape index (κ3) is 5.90. The Labute approximate surface area is 179 Å². The second-order valence-corrected chi connectivity index (χ2v) is 21.4. The Morgan fingerprint density at radius 3 is 2.18 bits per heavy atom. The molecule has 0 amide bonds. The summed E-state index contributed by atoms with van der Waals surface area (Å²) in [5, 5.41) is 2.82. The average molecular weight is 427 g/mol. The molecule has 0 saturated heterocycles. The van der Waals surface area contributed by atoms with Crippen molar-refractivity contribution in [3.63, 3.8) is 0 Å². The Morgan fingerprint density at radius 2 is 1.64 bits per heavy atom. The van der Waals surface area contributed by atoms with Crippen LogP contribution in [0.15, 0.2) is 48.1 Å². The van der Waals surface area contributed by atoms with Crippen LogP contribution in [0.3, 0.4) is 0 Å². The van der Waals surface area contributed by atoms with Gasteiger partial charge in [0.15, 0.2) is 0 Å². The minimum absolute atomic E-state index is 0.215. The second kappa shape index (κ2) is 10.0. The summed E-state index contributed by atoms with van der Waals surface area (Å²) in [6.07, 6.45) is 17.0. The van der Waals surface area contributed by atoms with E-state index in [1.165, 1.54) is 27.1 Å². The summed E-state index contributed by atoms with van der Waals surface area (Å²) in [4.78, 5) is 0. The number of allylic oxidation sites excluding steroid dienone is 6. The molecule has 0 bridgehead atoms. The smallest absolute Gasteiger partial charge is 0.0467 e. The Hall–Kier alpha value is -1.19. The molecule has 1 aromatic rings. The van der Waals surface area contributed by atoms with Crippen molar-refractivity contribution in [1.82, 2.24) is 3.80 Å². The van der Waals surface area contributed by atoms with E-state index in [4.69, 9.17) is 0 Å². The Morgan fingerprint density at radius 1 is 1.00 bits per heavy atom. The van der Waals surface area contributed by atoms with Gasteiger partial charge in [-0.2, -0.15) is 0 Å². The van der Waals surface area contributed by atoms with Gasteiger partial charge in [0.2, 0.25) is 0 Å². The van der Waals surface area contributed by atoms with Gasteiger partial charge in [0.05, 0.1) is 0 Å². The minimum Gasteiger partial charge on any atom is -0.0877 e. The Balaban J connectivity index is 0.000000409. The molecule has 1 N–H and O–H groups in total. The van der Waals surface area contributed by atoms with Gasteiger partial charge in [0.25, 0.3) is 0 Å². The van der Waals surface area contributed by atoms with E-state index in [9.17, 15) is 0 Å². The van der Waals surface area contributed by atoms with Crippen molar-refractivity contribution in [3.8, 4) is 0 Å². The molecule has 0 saturated carbocycles. The molecule has 0 aromatic heterocycles. The quantitative estimate of drug-likeness (QED) is 0.524. The molecule has 0 atom stereocenters. The first-order chi connectivity index (χ1) is 13.2. The number of benzene rings is 1. The molecule has 28 heavy (non-hydrogen) atoms. The summed E-state index contributed by atoms with van der Waals surface area (Å²) in [7, 11) is 0. The van der Waals surface area contributed by atoms with E-state index in [-0.39, 0.29) is 5.54 Å². The molecule has 0 heterocycles. The topological polar surface area (TPSA) is 12.0 Å². The van der Waals surface area contributed by atoms with Gasteiger partial charge in [-0.05, 0) is 13.8 Å². The van der Waals surface area contributed by atoms with Gasteiger partial charge in [0, 0.05) is 0 Å². The zero-order valence-corrected chi connectivity index (χ0v) is 21.6. The van der Waals surface area contributed by atoms with Crippen LogP contribution in [0.4, 0.5) is 0 Å². The van der Waals surface area contributed by atoms with Gasteiger partial charge in [-0.25, -0.2) is 0 Å². The predicted octanol–water partition coefficient (Wildman–Crippen LogP) is 5.06. The van der Waals surface area contributed by atoms with Gasteiger partial charge in [-0.3, -0.25) is 0 Å². The van der Waals surface area contributed by atoms with Gasteiger partial charge < -0.3 is 0 Å². The number of hydrogen-bond donors (Lipinski definition) is 1. The molecule has 0 fully saturated rings. The predicted molar refractivity (Wildman–Crippen MR) is 128 cm³/mol. The largest absolute Gasteiger partial charge is 0.0877 e. The number of rotatable bonds is 4. The van der Waals surface area contributed by atoms with Gasteiger partial charge >= 0.3 is 142 Å². The van der Waals surface area contributed by atoms with Crippen LogP contribution < -0.4 is 14.2 Å². The summed E-state index contributed by atoms with van der Waals surface area (Å²) in [5.41, 5.74) is 4.61. The third-order valence-electron chi connectivity index (χ3n) is 4.69. The molecule has 0 spiro atoms. The van der Waals surface area contributed by atoms with Crippen LogP contribution in [0.25, 0.3) is 22.1 Å². The summed E-state index contributed by atoms with van der Waals surface area (Å²) in [5.74, 6) is 0. The molecular weight excluding hydrogens is 390 g/mol. The van der Waals surface area contributed by atoms with E-state index in [2.05, 4.69) is 81.0 Å². The summed E-state index contributed by atoms with van der Waals surface area (Å²) in [6.45, 7) is 17.6. The van der Waals surface area contributed by atoms with Crippen molar-refractivity contribution < 1.29 is 17.4 Å². The number of fused-ring (bicyclic) bond motifs is 2. The second-order valence-electron chi connectivity index (χ2n) is 8.79. The van der Waals surface area contributed by atoms with E-state index in [1.807, 2.05) is 38.2 Å². The van der Waals surface area contributed by atoms with Crippen LogP contribution in [0, 0.1) is 0 Å². The van der Waals surface area contributed by atoms with Crippen LogP contribution in [0.5, 0.6) is 0 Å². The minimum atomic E-state index is -1.43. The molecule has 0 unspecified atom stereocenters. The number of nitrogens with one attached hydrogen (secondary N) is 1. The zero-order chi connectivity index (χ0) is 20.9. The summed E-state index contributed by atoms with van der Waals surface area (Å²) >= 11 is -1.43. The van der Waals surface area contributed by atoms with Crippen molar-refractivity contribution in [2.75, 3.05) is 0 Å². The molecule has 3 rings (SSSR count). The standard InChI is InChI=1S/C13H9.C6H10.C4H10N.C2H7Si.Ti/c1-9-5-12-7-10-3-2-4-11(10)8-13(12)6-9;1-3-5-6-4-2;1-4(2,3)5;1-3-2;/h2-5,7-8H,1H3;3-6H,1-2H3;5H,1-3H3;3H,1-2H3;/q;;-1;;+1. The van der Waals surface area contributed by atoms with E-state index >= 15 is 0 Å². The first-order valence-corrected chi connectivity index (χ1v) is 17.5. The van der Waals surface area contributed by atoms with Gasteiger partial charge in [-0.15, -0.1) is 0 Å². The molecule has 0 radical (unpaired) electrons. The molecule has 1 aromatic carbocycles. The fourth-order valence-electron chi connectivity index (χ4n) is 3.53. The van der Waals surface area contributed by atoms with Crippen molar-refractivity contribution >= 4 is 28.8 Å². The van der Waals surface area contributed by atoms with Crippen molar-refractivity contribution in [2.45, 2.75) is 60.2 Å². The molecule has 2 aliphatic rings. The molecule has 149 valence electrons. The van der Waals surface area contributed by atoms with E-state index in [0.717, 1.165) is 0 Å². The maximum Gasteiger partial charge on any atom is -0.0467 e. The third-order valence-corrected chi connectivity index (χ3v) is 16.5. The van der Waals surface area contributed by atoms with Crippen LogP contribution >= 0.6 is 0 Å². The first kappa shape index (κ1) is 23.1. The Bertz CT molecular complexity index is 930. The summed E-state index contributed by atoms with van der Waals surface area (Å²) in [6, 6.07) is 4.80. The molecule has 3 heteroatoms. The summed E-state index contributed by atoms with van der Waals surface area (Å²) < 4.78 is 5.76. The van der Waals surface area contributed by atoms with Gasteiger partial charge in [-0.1, -0.05) is 24.3 Å². The fourth-order valence-corrected chi connectivity index (χ4v) is 14.8. The van der Waals surface area contributed by atoms with Gasteiger partial charge in [0.1, 0.15) is 0 Å². The van der Waals surface area contributed by atoms with Crippen LogP contribution in [0.2, 0.25) is 13.1 Å². The first-order valence-electron chi connectivity index (χ1n) is 10.3. The van der Waals surface area contributed by atoms with Crippen LogP contribution in [-0.2, 0) is 17.4 Å².